The van der Waals surface area contributed by atoms with Crippen LogP contribution in [0.15, 0.2) is 55.2 Å². The smallest absolute Gasteiger partial charge is 0.319 e. The summed E-state index contributed by atoms with van der Waals surface area (Å²) in [6.45, 7) is 3.79. The molecule has 0 atom stereocenters. The van der Waals surface area contributed by atoms with E-state index in [0.29, 0.717) is 35.8 Å². The Balaban J connectivity index is 1.55. The van der Waals surface area contributed by atoms with Gasteiger partial charge in [0.25, 0.3) is 0 Å². The van der Waals surface area contributed by atoms with Gasteiger partial charge < -0.3 is 19.9 Å². The first-order chi connectivity index (χ1) is 14.5. The van der Waals surface area contributed by atoms with Crippen LogP contribution in [0, 0.1) is 5.41 Å². The van der Waals surface area contributed by atoms with E-state index in [1.807, 2.05) is 12.1 Å². The molecule has 1 fully saturated rings. The van der Waals surface area contributed by atoms with Gasteiger partial charge in [-0.05, 0) is 55.3 Å². The highest BCUT2D eigenvalue weighted by atomic mass is 16.5. The molecule has 0 bridgehead atoms. The van der Waals surface area contributed by atoms with Gasteiger partial charge >= 0.3 is 5.97 Å². The van der Waals surface area contributed by atoms with Gasteiger partial charge in [0.1, 0.15) is 22.7 Å². The lowest BCUT2D eigenvalue weighted by atomic mass is 10.1. The van der Waals surface area contributed by atoms with Crippen LogP contribution in [0.1, 0.15) is 18.4 Å². The number of pyridine rings is 1. The van der Waals surface area contributed by atoms with Crippen LogP contribution in [0.25, 0.3) is 17.0 Å². The normalized spacial score (nSPS) is 14.0. The minimum Gasteiger partial charge on any atom is -0.496 e. The van der Waals surface area contributed by atoms with Crippen LogP contribution in [-0.4, -0.2) is 29.1 Å². The van der Waals surface area contributed by atoms with Crippen molar-refractivity contribution >= 4 is 34.5 Å². The zero-order chi connectivity index (χ0) is 21.3. The molecular weight excluding hydrogens is 384 g/mol. The number of anilines is 1. The minimum atomic E-state index is -1.28. The number of carbonyl (C=O) groups excluding carboxylic acids is 1. The van der Waals surface area contributed by atoms with Crippen molar-refractivity contribution in [1.82, 2.24) is 4.98 Å². The predicted octanol–water partition coefficient (Wildman–Crippen LogP) is 4.48. The number of rotatable bonds is 7. The van der Waals surface area contributed by atoms with E-state index in [4.69, 9.17) is 9.47 Å². The molecule has 0 unspecified atom stereocenters. The Morgan fingerprint density at radius 1 is 1.17 bits per heavy atom. The third-order valence-electron chi connectivity index (χ3n) is 5.21. The molecule has 152 valence electrons. The molecule has 1 heterocycles. The maximum Gasteiger partial charge on any atom is 0.319 e. The fourth-order valence-electron chi connectivity index (χ4n) is 3.24. The predicted molar refractivity (Wildman–Crippen MR) is 113 cm³/mol. The molecule has 2 aromatic carbocycles. The number of benzene rings is 2. The van der Waals surface area contributed by atoms with Crippen LogP contribution in [0.5, 0.6) is 17.2 Å². The fourth-order valence-corrected chi connectivity index (χ4v) is 3.24. The number of hydrogen-bond acceptors (Lipinski definition) is 5. The first-order valence-corrected chi connectivity index (χ1v) is 9.39. The molecule has 1 saturated carbocycles. The number of nitrogens with one attached hydrogen (secondary N) is 1. The summed E-state index contributed by atoms with van der Waals surface area (Å²) < 4.78 is 11.4. The Labute approximate surface area is 173 Å². The summed E-state index contributed by atoms with van der Waals surface area (Å²) in [5, 5.41) is 12.7. The SMILES string of the molecule is C=Cc1cc2nccc(Oc3ccc(NC(=O)C4(C(=O)O)CC4)cc3)c2cc1OC. The monoisotopic (exact) mass is 404 g/mol. The summed E-state index contributed by atoms with van der Waals surface area (Å²) in [7, 11) is 1.59. The van der Waals surface area contributed by atoms with Gasteiger partial charge in [-0.3, -0.25) is 14.6 Å². The van der Waals surface area contributed by atoms with Crippen molar-refractivity contribution in [2.24, 2.45) is 5.41 Å². The highest BCUT2D eigenvalue weighted by molar-refractivity contribution is 6.10. The van der Waals surface area contributed by atoms with Gasteiger partial charge in [0.05, 0.1) is 12.6 Å². The Morgan fingerprint density at radius 3 is 2.50 bits per heavy atom. The molecule has 7 heteroatoms. The Bertz CT molecular complexity index is 1150. The highest BCUT2D eigenvalue weighted by Gasteiger charge is 2.57. The minimum absolute atomic E-state index is 0.363. The lowest BCUT2D eigenvalue weighted by Gasteiger charge is -2.13. The van der Waals surface area contributed by atoms with Gasteiger partial charge in [-0.2, -0.15) is 0 Å². The van der Waals surface area contributed by atoms with Crippen molar-refractivity contribution in [1.29, 1.82) is 0 Å². The molecule has 4 rings (SSSR count). The van der Waals surface area contributed by atoms with Crippen molar-refractivity contribution in [3.8, 4) is 17.2 Å². The molecule has 1 aromatic heterocycles. The quantitative estimate of drug-likeness (QED) is 0.564. The third kappa shape index (κ3) is 3.45. The number of methoxy groups -OCH3 is 1. The largest absolute Gasteiger partial charge is 0.496 e. The van der Waals surface area contributed by atoms with E-state index in [2.05, 4.69) is 16.9 Å². The third-order valence-corrected chi connectivity index (χ3v) is 5.21. The van der Waals surface area contributed by atoms with Crippen LogP contribution in [0.3, 0.4) is 0 Å². The topological polar surface area (TPSA) is 97.8 Å². The van der Waals surface area contributed by atoms with Crippen molar-refractivity contribution < 1.29 is 24.2 Å². The molecule has 7 nitrogen and oxygen atoms in total. The number of aromatic nitrogens is 1. The van der Waals surface area contributed by atoms with Crippen molar-refractivity contribution in [3.63, 3.8) is 0 Å². The van der Waals surface area contributed by atoms with Gasteiger partial charge in [0.15, 0.2) is 0 Å². The first-order valence-electron chi connectivity index (χ1n) is 9.39. The second-order valence-corrected chi connectivity index (χ2v) is 7.09. The number of carbonyl (C=O) groups is 2. The summed E-state index contributed by atoms with van der Waals surface area (Å²) in [5.74, 6) is 0.259. The van der Waals surface area contributed by atoms with Gasteiger partial charge in [-0.1, -0.05) is 12.7 Å². The molecule has 0 aliphatic heterocycles. The summed E-state index contributed by atoms with van der Waals surface area (Å²) >= 11 is 0. The maximum atomic E-state index is 12.2. The summed E-state index contributed by atoms with van der Waals surface area (Å²) in [6, 6.07) is 12.2. The summed E-state index contributed by atoms with van der Waals surface area (Å²) in [4.78, 5) is 27.9. The molecule has 3 aromatic rings. The van der Waals surface area contributed by atoms with Gasteiger partial charge in [-0.15, -0.1) is 0 Å². The van der Waals surface area contributed by atoms with Crippen LogP contribution in [0.2, 0.25) is 0 Å². The van der Waals surface area contributed by atoms with E-state index < -0.39 is 17.3 Å². The molecule has 0 saturated heterocycles. The second-order valence-electron chi connectivity index (χ2n) is 7.09. The van der Waals surface area contributed by atoms with Gasteiger partial charge in [-0.25, -0.2) is 0 Å². The molecule has 30 heavy (non-hydrogen) atoms. The average Bonchev–Trinajstić information content (AvgIpc) is 3.57. The number of hydrogen-bond donors (Lipinski definition) is 2. The zero-order valence-corrected chi connectivity index (χ0v) is 16.3. The summed E-state index contributed by atoms with van der Waals surface area (Å²) in [6.07, 6.45) is 4.09. The van der Waals surface area contributed by atoms with E-state index in [0.717, 1.165) is 16.5 Å². The first kappa shape index (κ1) is 19.4. The van der Waals surface area contributed by atoms with Crippen LogP contribution < -0.4 is 14.8 Å². The van der Waals surface area contributed by atoms with E-state index in [1.54, 1.807) is 49.7 Å². The molecule has 1 amide bonds. The molecule has 1 aliphatic rings. The van der Waals surface area contributed by atoms with Gasteiger partial charge in [0.2, 0.25) is 5.91 Å². The number of aliphatic carboxylic acids is 1. The Kier molecular flexibility index (Phi) is 4.87. The lowest BCUT2D eigenvalue weighted by Crippen LogP contribution is -2.31. The van der Waals surface area contributed by atoms with Crippen molar-refractivity contribution in [2.45, 2.75) is 12.8 Å². The van der Waals surface area contributed by atoms with Crippen LogP contribution in [0.4, 0.5) is 5.69 Å². The fraction of sp³-hybridized carbons (Fsp3) is 0.174. The Morgan fingerprint density at radius 2 is 1.90 bits per heavy atom. The lowest BCUT2D eigenvalue weighted by molar-refractivity contribution is -0.147. The Hall–Kier alpha value is -3.87. The molecule has 2 N–H and O–H groups in total. The van der Waals surface area contributed by atoms with E-state index >= 15 is 0 Å². The standard InChI is InChI=1S/C23H20N2O5/c1-3-14-12-18-17(13-20(14)29-2)19(8-11-24-18)30-16-6-4-15(5-7-16)25-21(26)23(9-10-23)22(27)28/h3-8,11-13H,1,9-10H2,2H3,(H,25,26)(H,27,28). The average molecular weight is 404 g/mol. The maximum absolute atomic E-state index is 12.2. The summed E-state index contributed by atoms with van der Waals surface area (Å²) in [5.41, 5.74) is 0.811. The molecule has 0 radical (unpaired) electrons. The van der Waals surface area contributed by atoms with Crippen molar-refractivity contribution in [2.75, 3.05) is 12.4 Å². The number of fused-ring (bicyclic) bond motifs is 1. The molecule has 0 spiro atoms. The number of ether oxygens (including phenoxy) is 2. The second kappa shape index (κ2) is 7.51. The number of nitrogens with zero attached hydrogens (tertiary/aromatic N) is 1. The van der Waals surface area contributed by atoms with Crippen molar-refractivity contribution in [3.05, 3.63) is 60.8 Å². The highest BCUT2D eigenvalue weighted by Crippen LogP contribution is 2.46. The zero-order valence-electron chi connectivity index (χ0n) is 16.3. The van der Waals surface area contributed by atoms with Crippen LogP contribution >= 0.6 is 0 Å². The van der Waals surface area contributed by atoms with E-state index in [1.165, 1.54) is 0 Å². The van der Waals surface area contributed by atoms with Crippen LogP contribution in [-0.2, 0) is 9.59 Å². The number of carboxylic acid groups (broad SMARTS) is 1. The molecular formula is C23H20N2O5. The number of amides is 1. The molecule has 1 aliphatic carbocycles. The van der Waals surface area contributed by atoms with E-state index in [9.17, 15) is 14.7 Å². The number of carboxylic acids is 1. The van der Waals surface area contributed by atoms with Gasteiger partial charge in [0, 0.05) is 22.8 Å². The van der Waals surface area contributed by atoms with E-state index in [-0.39, 0.29) is 0 Å².